The van der Waals surface area contributed by atoms with Crippen molar-refractivity contribution in [2.45, 2.75) is 24.1 Å². The predicted molar refractivity (Wildman–Crippen MR) is 134 cm³/mol. The average molecular weight is 548 g/mol. The van der Waals surface area contributed by atoms with Crippen LogP contribution in [0.1, 0.15) is 13.3 Å². The highest BCUT2D eigenvalue weighted by Gasteiger charge is 2.72. The number of pyridine rings is 1. The van der Waals surface area contributed by atoms with Crippen molar-refractivity contribution in [1.29, 1.82) is 0 Å². The van der Waals surface area contributed by atoms with Crippen molar-refractivity contribution >= 4 is 44.9 Å². The third-order valence-corrected chi connectivity index (χ3v) is 9.62. The Hall–Kier alpha value is -3.10. The maximum Gasteiger partial charge on any atom is 0.404 e. The average Bonchev–Trinajstić information content (AvgIpc) is 3.49. The number of hydrogen-bond donors (Lipinski definition) is 2. The zero-order valence-corrected chi connectivity index (χ0v) is 21.7. The number of nitrogens with one attached hydrogen (secondary N) is 1. The van der Waals surface area contributed by atoms with Gasteiger partial charge in [0, 0.05) is 49.1 Å². The highest BCUT2D eigenvalue weighted by molar-refractivity contribution is 8.76. The molecule has 0 bridgehead atoms. The van der Waals surface area contributed by atoms with Crippen molar-refractivity contribution in [3.8, 4) is 0 Å². The molecule has 2 aliphatic heterocycles. The van der Waals surface area contributed by atoms with Gasteiger partial charge in [-0.05, 0) is 36.1 Å². The summed E-state index contributed by atoms with van der Waals surface area (Å²) in [5, 5.41) is 14.5. The number of nitrogens with zero attached hydrogens (tertiary/aromatic N) is 3. The van der Waals surface area contributed by atoms with Gasteiger partial charge in [-0.3, -0.25) is 19.7 Å². The normalized spacial score (nSPS) is 27.7. The Kier molecular flexibility index (Phi) is 6.66. The summed E-state index contributed by atoms with van der Waals surface area (Å²) in [5.41, 5.74) is 5.46. The van der Waals surface area contributed by atoms with E-state index in [-0.39, 0.29) is 35.5 Å². The van der Waals surface area contributed by atoms with Crippen molar-refractivity contribution in [1.82, 2.24) is 15.2 Å². The van der Waals surface area contributed by atoms with Crippen LogP contribution in [-0.4, -0.2) is 70.8 Å². The van der Waals surface area contributed by atoms with Crippen molar-refractivity contribution < 1.29 is 28.8 Å². The number of amides is 1. The molecule has 0 spiro atoms. The lowest BCUT2D eigenvalue weighted by Crippen LogP contribution is -2.51. The minimum Gasteiger partial charge on any atom is -0.449 e. The molecular formula is C23H25N5O7S2. The quantitative estimate of drug-likeness (QED) is 0.144. The molecule has 1 saturated heterocycles. The first kappa shape index (κ1) is 25.5. The molecule has 14 heteroatoms. The van der Waals surface area contributed by atoms with Crippen LogP contribution in [0.25, 0.3) is 0 Å². The van der Waals surface area contributed by atoms with E-state index in [0.29, 0.717) is 46.6 Å². The first-order chi connectivity index (χ1) is 17.7. The number of allylic oxidation sites excluding steroid dienone is 2. The largest absolute Gasteiger partial charge is 0.449 e. The molecule has 1 saturated carbocycles. The van der Waals surface area contributed by atoms with Crippen molar-refractivity contribution in [3.63, 3.8) is 0 Å². The number of nitrogens with two attached hydrogens (primary N) is 1. The number of ether oxygens (including phenoxy) is 2. The third kappa shape index (κ3) is 4.16. The van der Waals surface area contributed by atoms with Gasteiger partial charge in [-0.25, -0.2) is 9.78 Å². The Morgan fingerprint density at radius 1 is 1.38 bits per heavy atom. The standard InChI is InChI=1S/C23H25N5O7S2/c1-11-18(25-5-6-36-37-16-4-3-13(8-26-16)28(32)33)21(30)17-15(10-35-22(24)31)23(34-2)14-7-12(14)9-27(23)19(17)20(11)29/h3-4,8,12,14-15,25H,5-7,9-10H2,1-2H3,(H2,24,31)/t12-,14-,15+,23-/m0/s1. The number of rotatable bonds is 10. The van der Waals surface area contributed by atoms with Gasteiger partial charge >= 0.3 is 6.09 Å². The van der Waals surface area contributed by atoms with Gasteiger partial charge in [0.1, 0.15) is 17.8 Å². The van der Waals surface area contributed by atoms with E-state index in [1.165, 1.54) is 33.9 Å². The summed E-state index contributed by atoms with van der Waals surface area (Å²) in [6.07, 6.45) is 1.18. The van der Waals surface area contributed by atoms with Crippen LogP contribution in [0.4, 0.5) is 10.5 Å². The highest BCUT2D eigenvalue weighted by Crippen LogP contribution is 2.65. The molecule has 37 heavy (non-hydrogen) atoms. The summed E-state index contributed by atoms with van der Waals surface area (Å²) in [6.45, 7) is 2.49. The van der Waals surface area contributed by atoms with E-state index in [1.807, 2.05) is 4.90 Å². The topological polar surface area (TPSA) is 167 Å². The van der Waals surface area contributed by atoms with Gasteiger partial charge in [-0.1, -0.05) is 10.8 Å². The fourth-order valence-electron chi connectivity index (χ4n) is 5.70. The molecule has 3 heterocycles. The fourth-order valence-corrected chi connectivity index (χ4v) is 7.47. The molecule has 196 valence electrons. The minimum atomic E-state index is -0.950. The van der Waals surface area contributed by atoms with Crippen LogP contribution >= 0.6 is 21.6 Å². The summed E-state index contributed by atoms with van der Waals surface area (Å²) in [7, 11) is 4.37. The van der Waals surface area contributed by atoms with E-state index in [0.717, 1.165) is 6.42 Å². The zero-order chi connectivity index (χ0) is 26.5. The smallest absolute Gasteiger partial charge is 0.404 e. The van der Waals surface area contributed by atoms with Crippen molar-refractivity contribution in [2.24, 2.45) is 23.5 Å². The first-order valence-electron chi connectivity index (χ1n) is 11.6. The lowest BCUT2D eigenvalue weighted by molar-refractivity contribution is -0.385. The summed E-state index contributed by atoms with van der Waals surface area (Å²) in [5.74, 6) is -0.0853. The number of fused-ring (bicyclic) bond motifs is 4. The number of aromatic nitrogens is 1. The second-order valence-corrected chi connectivity index (χ2v) is 11.7. The maximum atomic E-state index is 13.7. The molecule has 4 aliphatic rings. The number of ketones is 2. The van der Waals surface area contributed by atoms with Crippen LogP contribution < -0.4 is 11.1 Å². The lowest BCUT2D eigenvalue weighted by atomic mass is 9.82. The van der Waals surface area contributed by atoms with Crippen LogP contribution in [0.15, 0.2) is 45.9 Å². The second-order valence-electron chi connectivity index (χ2n) is 9.22. The Morgan fingerprint density at radius 3 is 2.81 bits per heavy atom. The van der Waals surface area contributed by atoms with Gasteiger partial charge in [-0.15, -0.1) is 0 Å². The van der Waals surface area contributed by atoms with Gasteiger partial charge in [0.15, 0.2) is 5.72 Å². The van der Waals surface area contributed by atoms with Gasteiger partial charge in [0.25, 0.3) is 5.69 Å². The Labute approximate surface area is 219 Å². The van der Waals surface area contributed by atoms with Crippen LogP contribution in [0.2, 0.25) is 0 Å². The number of carbonyl (C=O) groups is 3. The number of methoxy groups -OCH3 is 1. The Morgan fingerprint density at radius 2 is 2.16 bits per heavy atom. The molecule has 0 radical (unpaired) electrons. The molecule has 3 N–H and O–H groups in total. The zero-order valence-electron chi connectivity index (χ0n) is 20.1. The maximum absolute atomic E-state index is 13.7. The molecule has 12 nitrogen and oxygen atoms in total. The van der Waals surface area contributed by atoms with E-state index in [2.05, 4.69) is 10.3 Å². The van der Waals surface area contributed by atoms with E-state index in [1.54, 1.807) is 20.1 Å². The van der Waals surface area contributed by atoms with Gasteiger partial charge in [0.05, 0.1) is 22.2 Å². The number of piperidine rings is 1. The third-order valence-electron chi connectivity index (χ3n) is 7.35. The molecule has 2 fully saturated rings. The minimum absolute atomic E-state index is 0.0769. The first-order valence-corrected chi connectivity index (χ1v) is 14.0. The van der Waals surface area contributed by atoms with Crippen LogP contribution in [0.5, 0.6) is 0 Å². The molecule has 0 unspecified atom stereocenters. The number of nitro groups is 1. The van der Waals surface area contributed by atoms with Crippen LogP contribution in [-0.2, 0) is 19.1 Å². The van der Waals surface area contributed by atoms with E-state index >= 15 is 0 Å². The molecule has 4 atom stereocenters. The second kappa shape index (κ2) is 9.65. The Balaban J connectivity index is 1.28. The monoisotopic (exact) mass is 547 g/mol. The Bertz CT molecular complexity index is 1250. The molecule has 0 aromatic carbocycles. The molecule has 1 aromatic rings. The van der Waals surface area contributed by atoms with Gasteiger partial charge in [-0.2, -0.15) is 0 Å². The molecule has 1 amide bonds. The van der Waals surface area contributed by atoms with Crippen LogP contribution in [0.3, 0.4) is 0 Å². The number of Topliss-reactive ketones (excluding diaryl/α,β-unsaturated/α-hetero) is 2. The SMILES string of the molecule is CO[C@@]12[C@H](COC(N)=O)C3=C(C(=O)C(C)=C(NCCSSc4ccc([N+](=O)[O-])cn4)C3=O)N1C[C@@H]1C[C@@H]12. The van der Waals surface area contributed by atoms with Crippen molar-refractivity contribution in [3.05, 3.63) is 51.0 Å². The molecular weight excluding hydrogens is 522 g/mol. The van der Waals surface area contributed by atoms with Gasteiger partial charge in [0.2, 0.25) is 11.6 Å². The lowest BCUT2D eigenvalue weighted by Gasteiger charge is -2.40. The van der Waals surface area contributed by atoms with E-state index in [4.69, 9.17) is 15.2 Å². The summed E-state index contributed by atoms with van der Waals surface area (Å²) in [4.78, 5) is 54.9. The van der Waals surface area contributed by atoms with Crippen molar-refractivity contribution in [2.75, 3.05) is 32.6 Å². The van der Waals surface area contributed by atoms with E-state index < -0.39 is 22.7 Å². The fraction of sp³-hybridized carbons (Fsp3) is 0.478. The molecule has 1 aromatic heterocycles. The van der Waals surface area contributed by atoms with Gasteiger partial charge < -0.3 is 25.4 Å². The number of carbonyl (C=O) groups excluding carboxylic acids is 3. The summed E-state index contributed by atoms with van der Waals surface area (Å²) < 4.78 is 11.2. The summed E-state index contributed by atoms with van der Waals surface area (Å²) in [6, 6.07) is 2.96. The summed E-state index contributed by atoms with van der Waals surface area (Å²) >= 11 is 0. The molecule has 5 rings (SSSR count). The number of hydrogen-bond acceptors (Lipinski definition) is 12. The predicted octanol–water partition coefficient (Wildman–Crippen LogP) is 2.02. The number of primary amides is 1. The van der Waals surface area contributed by atoms with E-state index in [9.17, 15) is 24.5 Å². The molecule has 2 aliphatic carbocycles. The van der Waals surface area contributed by atoms with Crippen LogP contribution in [0, 0.1) is 27.9 Å². The highest BCUT2D eigenvalue weighted by atomic mass is 33.1.